The van der Waals surface area contributed by atoms with E-state index in [1.807, 2.05) is 0 Å². The third-order valence-electron chi connectivity index (χ3n) is 2.93. The Morgan fingerprint density at radius 1 is 1.31 bits per heavy atom. The summed E-state index contributed by atoms with van der Waals surface area (Å²) in [6, 6.07) is 0.615. The van der Waals surface area contributed by atoms with E-state index in [1.165, 1.54) is 25.9 Å². The Morgan fingerprint density at radius 3 is 2.31 bits per heavy atom. The molecule has 13 heavy (non-hydrogen) atoms. The number of hydrazine groups is 1. The fourth-order valence-corrected chi connectivity index (χ4v) is 2.04. The molecule has 1 aliphatic rings. The molecule has 1 aliphatic heterocycles. The van der Waals surface area contributed by atoms with Crippen molar-refractivity contribution in [1.82, 2.24) is 15.3 Å². The highest BCUT2D eigenvalue weighted by Gasteiger charge is 2.21. The molecule has 1 atom stereocenters. The second-order valence-electron chi connectivity index (χ2n) is 4.45. The second-order valence-corrected chi connectivity index (χ2v) is 4.45. The predicted molar refractivity (Wildman–Crippen MR) is 56.5 cm³/mol. The molecule has 0 amide bonds. The van der Waals surface area contributed by atoms with E-state index in [9.17, 15) is 0 Å². The quantitative estimate of drug-likeness (QED) is 0.656. The Hall–Kier alpha value is -0.120. The van der Waals surface area contributed by atoms with Crippen molar-refractivity contribution in [2.24, 2.45) is 5.92 Å². The standard InChI is InChI=1S/C10H23N3/c1-9(11-12(2)3)10-5-7-13(4)8-6-10/h9-11H,5-8H2,1-4H3. The molecule has 1 saturated heterocycles. The highest BCUT2D eigenvalue weighted by Crippen LogP contribution is 2.19. The molecule has 0 spiro atoms. The van der Waals surface area contributed by atoms with E-state index in [1.54, 1.807) is 0 Å². The lowest BCUT2D eigenvalue weighted by Crippen LogP contribution is -2.45. The Kier molecular flexibility index (Phi) is 4.16. The van der Waals surface area contributed by atoms with Gasteiger partial charge in [0.15, 0.2) is 0 Å². The van der Waals surface area contributed by atoms with E-state index in [-0.39, 0.29) is 0 Å². The summed E-state index contributed by atoms with van der Waals surface area (Å²) in [6.45, 7) is 4.80. The van der Waals surface area contributed by atoms with Crippen LogP contribution < -0.4 is 5.43 Å². The molecule has 1 unspecified atom stereocenters. The molecule has 0 bridgehead atoms. The molecular weight excluding hydrogens is 162 g/mol. The largest absolute Gasteiger partial charge is 0.306 e. The van der Waals surface area contributed by atoms with Crippen LogP contribution >= 0.6 is 0 Å². The number of rotatable bonds is 3. The minimum absolute atomic E-state index is 0.615. The maximum Gasteiger partial charge on any atom is 0.0216 e. The van der Waals surface area contributed by atoms with Crippen LogP contribution in [0.5, 0.6) is 0 Å². The number of nitrogens with one attached hydrogen (secondary N) is 1. The molecule has 0 aromatic rings. The van der Waals surface area contributed by atoms with Crippen molar-refractivity contribution in [1.29, 1.82) is 0 Å². The smallest absolute Gasteiger partial charge is 0.0216 e. The van der Waals surface area contributed by atoms with Crippen LogP contribution in [0, 0.1) is 5.92 Å². The molecule has 0 aromatic heterocycles. The van der Waals surface area contributed by atoms with Crippen LogP contribution in [-0.4, -0.2) is 50.2 Å². The van der Waals surface area contributed by atoms with Crippen molar-refractivity contribution < 1.29 is 0 Å². The number of piperidine rings is 1. The number of likely N-dealkylation sites (tertiary alicyclic amines) is 1. The summed E-state index contributed by atoms with van der Waals surface area (Å²) >= 11 is 0. The van der Waals surface area contributed by atoms with Crippen LogP contribution in [0.2, 0.25) is 0 Å². The zero-order valence-corrected chi connectivity index (χ0v) is 9.38. The summed E-state index contributed by atoms with van der Waals surface area (Å²) in [5.41, 5.74) is 3.44. The van der Waals surface area contributed by atoms with Gasteiger partial charge in [-0.25, -0.2) is 0 Å². The molecule has 78 valence electrons. The summed E-state index contributed by atoms with van der Waals surface area (Å²) in [5.74, 6) is 0.846. The summed E-state index contributed by atoms with van der Waals surface area (Å²) in [5, 5.41) is 2.06. The van der Waals surface area contributed by atoms with Gasteiger partial charge in [-0.1, -0.05) is 0 Å². The Balaban J connectivity index is 2.27. The van der Waals surface area contributed by atoms with Gasteiger partial charge in [0.05, 0.1) is 0 Å². The molecule has 1 rings (SSSR count). The van der Waals surface area contributed by atoms with Gasteiger partial charge in [0.1, 0.15) is 0 Å². The van der Waals surface area contributed by atoms with Crippen LogP contribution in [-0.2, 0) is 0 Å². The Bertz CT molecular complexity index is 139. The summed E-state index contributed by atoms with van der Waals surface area (Å²) < 4.78 is 0. The minimum Gasteiger partial charge on any atom is -0.306 e. The molecule has 0 aliphatic carbocycles. The summed E-state index contributed by atoms with van der Waals surface area (Å²) in [7, 11) is 6.33. The average molecular weight is 185 g/mol. The first kappa shape index (κ1) is 11.0. The molecule has 0 saturated carbocycles. The lowest BCUT2D eigenvalue weighted by atomic mass is 9.91. The summed E-state index contributed by atoms with van der Waals surface area (Å²) in [4.78, 5) is 2.42. The van der Waals surface area contributed by atoms with E-state index in [2.05, 4.69) is 43.4 Å². The van der Waals surface area contributed by atoms with Crippen LogP contribution in [0.1, 0.15) is 19.8 Å². The van der Waals surface area contributed by atoms with Gasteiger partial charge in [-0.05, 0) is 45.8 Å². The van der Waals surface area contributed by atoms with Crippen molar-refractivity contribution in [2.75, 3.05) is 34.2 Å². The minimum atomic E-state index is 0.615. The SMILES string of the molecule is CC(NN(C)C)C1CCN(C)CC1. The van der Waals surface area contributed by atoms with Gasteiger partial charge >= 0.3 is 0 Å². The highest BCUT2D eigenvalue weighted by molar-refractivity contribution is 4.77. The van der Waals surface area contributed by atoms with E-state index >= 15 is 0 Å². The highest BCUT2D eigenvalue weighted by atomic mass is 15.5. The van der Waals surface area contributed by atoms with E-state index in [4.69, 9.17) is 0 Å². The number of hydrogen-bond donors (Lipinski definition) is 1. The maximum absolute atomic E-state index is 3.44. The molecule has 1 N–H and O–H groups in total. The molecule has 0 aromatic carbocycles. The third-order valence-corrected chi connectivity index (χ3v) is 2.93. The number of nitrogens with zero attached hydrogens (tertiary/aromatic N) is 2. The normalized spacial score (nSPS) is 23.8. The van der Waals surface area contributed by atoms with Crippen molar-refractivity contribution in [3.05, 3.63) is 0 Å². The van der Waals surface area contributed by atoms with Gasteiger partial charge in [0.25, 0.3) is 0 Å². The van der Waals surface area contributed by atoms with Crippen molar-refractivity contribution in [3.8, 4) is 0 Å². The Morgan fingerprint density at radius 2 is 1.85 bits per heavy atom. The van der Waals surface area contributed by atoms with Gasteiger partial charge in [-0.2, -0.15) is 0 Å². The summed E-state index contributed by atoms with van der Waals surface area (Å²) in [6.07, 6.45) is 2.66. The number of hydrogen-bond acceptors (Lipinski definition) is 3. The van der Waals surface area contributed by atoms with Gasteiger partial charge in [0, 0.05) is 20.1 Å². The van der Waals surface area contributed by atoms with Crippen LogP contribution in [0.15, 0.2) is 0 Å². The van der Waals surface area contributed by atoms with Crippen LogP contribution in [0.4, 0.5) is 0 Å². The van der Waals surface area contributed by atoms with Crippen molar-refractivity contribution >= 4 is 0 Å². The Labute approximate surface area is 82.1 Å². The van der Waals surface area contributed by atoms with E-state index in [0.29, 0.717) is 6.04 Å². The first-order valence-electron chi connectivity index (χ1n) is 5.21. The van der Waals surface area contributed by atoms with Crippen molar-refractivity contribution in [2.45, 2.75) is 25.8 Å². The van der Waals surface area contributed by atoms with Gasteiger partial charge in [0.2, 0.25) is 0 Å². The first-order valence-corrected chi connectivity index (χ1v) is 5.21. The van der Waals surface area contributed by atoms with Gasteiger partial charge in [-0.3, -0.25) is 10.4 Å². The first-order chi connectivity index (χ1) is 6.09. The topological polar surface area (TPSA) is 18.5 Å². The van der Waals surface area contributed by atoms with Crippen LogP contribution in [0.25, 0.3) is 0 Å². The molecule has 0 radical (unpaired) electrons. The average Bonchev–Trinajstić information content (AvgIpc) is 2.04. The molecule has 3 nitrogen and oxygen atoms in total. The third kappa shape index (κ3) is 3.63. The maximum atomic E-state index is 3.44. The fraction of sp³-hybridized carbons (Fsp3) is 1.00. The molecular formula is C10H23N3. The molecule has 1 heterocycles. The second kappa shape index (κ2) is 4.94. The zero-order valence-electron chi connectivity index (χ0n) is 9.38. The van der Waals surface area contributed by atoms with E-state index in [0.717, 1.165) is 5.92 Å². The van der Waals surface area contributed by atoms with Crippen LogP contribution in [0.3, 0.4) is 0 Å². The lowest BCUT2D eigenvalue weighted by molar-refractivity contribution is 0.145. The lowest BCUT2D eigenvalue weighted by Gasteiger charge is -2.34. The fourth-order valence-electron chi connectivity index (χ4n) is 2.04. The van der Waals surface area contributed by atoms with E-state index < -0.39 is 0 Å². The molecule has 1 fully saturated rings. The van der Waals surface area contributed by atoms with Gasteiger partial charge < -0.3 is 4.90 Å². The monoisotopic (exact) mass is 185 g/mol. The van der Waals surface area contributed by atoms with Crippen molar-refractivity contribution in [3.63, 3.8) is 0 Å². The predicted octanol–water partition coefficient (Wildman–Crippen LogP) is 0.783. The zero-order chi connectivity index (χ0) is 9.84. The molecule has 3 heteroatoms. The van der Waals surface area contributed by atoms with Gasteiger partial charge in [-0.15, -0.1) is 0 Å².